The Morgan fingerprint density at radius 1 is 1.18 bits per heavy atom. The van der Waals surface area contributed by atoms with Crippen LogP contribution in [0.4, 0.5) is 0 Å². The molecule has 0 bridgehead atoms. The topological polar surface area (TPSA) is 44.0 Å². The molecule has 0 aromatic rings. The van der Waals surface area contributed by atoms with Crippen molar-refractivity contribution in [1.82, 2.24) is 0 Å². The summed E-state index contributed by atoms with van der Waals surface area (Å²) >= 11 is 0. The average molecular weight is 235 g/mol. The summed E-state index contributed by atoms with van der Waals surface area (Å²) in [5.41, 5.74) is -0.431. The van der Waals surface area contributed by atoms with Crippen LogP contribution in [0.15, 0.2) is 0 Å². The lowest BCUT2D eigenvalue weighted by Crippen LogP contribution is -2.43. The Balaban J connectivity index is 2.08. The van der Waals surface area contributed by atoms with E-state index in [-0.39, 0.29) is 6.10 Å². The van der Waals surface area contributed by atoms with E-state index < -0.39 is 5.41 Å². The molecule has 17 heavy (non-hydrogen) atoms. The smallest absolute Gasteiger partial charge is 0.0837 e. The van der Waals surface area contributed by atoms with Crippen LogP contribution < -0.4 is 0 Å². The molecule has 0 aliphatic heterocycles. The van der Waals surface area contributed by atoms with Crippen molar-refractivity contribution in [3.05, 3.63) is 0 Å². The van der Waals surface area contributed by atoms with E-state index in [1.165, 1.54) is 25.7 Å². The minimum Gasteiger partial charge on any atom is -0.391 e. The fourth-order valence-electron chi connectivity index (χ4n) is 3.93. The van der Waals surface area contributed by atoms with Crippen molar-refractivity contribution in [3.8, 4) is 6.07 Å². The van der Waals surface area contributed by atoms with Gasteiger partial charge in [0.25, 0.3) is 0 Å². The van der Waals surface area contributed by atoms with Gasteiger partial charge in [-0.3, -0.25) is 0 Å². The van der Waals surface area contributed by atoms with Gasteiger partial charge in [0.1, 0.15) is 0 Å². The Morgan fingerprint density at radius 2 is 1.88 bits per heavy atom. The Morgan fingerprint density at radius 3 is 2.47 bits per heavy atom. The van der Waals surface area contributed by atoms with Crippen LogP contribution in [-0.2, 0) is 0 Å². The van der Waals surface area contributed by atoms with E-state index >= 15 is 0 Å². The first-order chi connectivity index (χ1) is 8.18. The first-order valence-corrected chi connectivity index (χ1v) is 7.27. The van der Waals surface area contributed by atoms with Gasteiger partial charge in [-0.1, -0.05) is 39.0 Å². The molecule has 0 saturated heterocycles. The minimum absolute atomic E-state index is 0.379. The highest BCUT2D eigenvalue weighted by atomic mass is 16.3. The van der Waals surface area contributed by atoms with Crippen molar-refractivity contribution < 1.29 is 5.11 Å². The lowest BCUT2D eigenvalue weighted by Gasteiger charge is -2.42. The van der Waals surface area contributed by atoms with Crippen LogP contribution in [0, 0.1) is 28.6 Å². The number of hydrogen-bond donors (Lipinski definition) is 1. The monoisotopic (exact) mass is 235 g/mol. The zero-order valence-electron chi connectivity index (χ0n) is 11.0. The molecular weight excluding hydrogens is 210 g/mol. The number of aliphatic hydroxyl groups excluding tert-OH is 1. The fraction of sp³-hybridized carbons (Fsp3) is 0.933. The highest BCUT2D eigenvalue weighted by molar-refractivity contribution is 5.07. The lowest BCUT2D eigenvalue weighted by molar-refractivity contribution is -0.0283. The van der Waals surface area contributed by atoms with Gasteiger partial charge < -0.3 is 5.11 Å². The molecule has 0 amide bonds. The van der Waals surface area contributed by atoms with Gasteiger partial charge in [0.05, 0.1) is 17.6 Å². The third-order valence-electron chi connectivity index (χ3n) is 4.92. The Bertz CT molecular complexity index is 290. The zero-order chi connectivity index (χ0) is 12.3. The normalized spacial score (nSPS) is 37.4. The Hall–Kier alpha value is -0.550. The highest BCUT2D eigenvalue weighted by Crippen LogP contribution is 2.45. The Kier molecular flexibility index (Phi) is 4.09. The number of rotatable bonds is 2. The number of nitrogens with zero attached hydrogens (tertiary/aromatic N) is 1. The van der Waals surface area contributed by atoms with Crippen molar-refractivity contribution in [3.63, 3.8) is 0 Å². The molecule has 0 heterocycles. The molecule has 0 spiro atoms. The van der Waals surface area contributed by atoms with Crippen LogP contribution in [0.3, 0.4) is 0 Å². The molecule has 2 heteroatoms. The van der Waals surface area contributed by atoms with E-state index in [1.807, 2.05) is 0 Å². The van der Waals surface area contributed by atoms with Gasteiger partial charge in [0.2, 0.25) is 0 Å². The first-order valence-electron chi connectivity index (χ1n) is 7.27. The van der Waals surface area contributed by atoms with E-state index in [4.69, 9.17) is 0 Å². The van der Waals surface area contributed by atoms with Crippen molar-refractivity contribution in [2.45, 2.75) is 70.8 Å². The number of nitriles is 1. The predicted molar refractivity (Wildman–Crippen MR) is 68.3 cm³/mol. The maximum absolute atomic E-state index is 10.6. The zero-order valence-corrected chi connectivity index (χ0v) is 11.0. The van der Waals surface area contributed by atoms with E-state index in [1.54, 1.807) is 0 Å². The van der Waals surface area contributed by atoms with Crippen molar-refractivity contribution >= 4 is 0 Å². The van der Waals surface area contributed by atoms with Crippen molar-refractivity contribution in [1.29, 1.82) is 5.26 Å². The number of hydrogen-bond acceptors (Lipinski definition) is 2. The molecule has 0 aromatic carbocycles. The fourth-order valence-corrected chi connectivity index (χ4v) is 3.93. The SMILES string of the molecule is CC1CCCC(C#N)(C(O)C2CCCCC2)C1. The average Bonchev–Trinajstić information content (AvgIpc) is 2.38. The summed E-state index contributed by atoms with van der Waals surface area (Å²) < 4.78 is 0. The first kappa shape index (κ1) is 12.9. The summed E-state index contributed by atoms with van der Waals surface area (Å²) in [6.45, 7) is 2.22. The van der Waals surface area contributed by atoms with Crippen LogP contribution in [0.1, 0.15) is 64.7 Å². The summed E-state index contributed by atoms with van der Waals surface area (Å²) in [6, 6.07) is 2.49. The second-order valence-corrected chi connectivity index (χ2v) is 6.31. The maximum Gasteiger partial charge on any atom is 0.0837 e. The molecule has 2 aliphatic carbocycles. The van der Waals surface area contributed by atoms with Crippen LogP contribution in [0.2, 0.25) is 0 Å². The van der Waals surface area contributed by atoms with E-state index in [0.717, 1.165) is 32.1 Å². The Labute approximate surface area is 105 Å². The van der Waals surface area contributed by atoms with E-state index in [9.17, 15) is 10.4 Å². The molecule has 2 aliphatic rings. The van der Waals surface area contributed by atoms with Gasteiger partial charge in [-0.15, -0.1) is 0 Å². The van der Waals surface area contributed by atoms with Gasteiger partial charge in [0, 0.05) is 0 Å². The van der Waals surface area contributed by atoms with Crippen molar-refractivity contribution in [2.75, 3.05) is 0 Å². The largest absolute Gasteiger partial charge is 0.391 e. The lowest BCUT2D eigenvalue weighted by atomic mass is 9.63. The summed E-state index contributed by atoms with van der Waals surface area (Å²) in [5, 5.41) is 20.2. The van der Waals surface area contributed by atoms with Crippen molar-refractivity contribution in [2.24, 2.45) is 17.3 Å². The summed E-state index contributed by atoms with van der Waals surface area (Å²) in [6.07, 6.45) is 9.79. The van der Waals surface area contributed by atoms with Crippen LogP contribution in [0.5, 0.6) is 0 Å². The molecule has 2 nitrogen and oxygen atoms in total. The van der Waals surface area contributed by atoms with Crippen LogP contribution in [-0.4, -0.2) is 11.2 Å². The molecule has 0 radical (unpaired) electrons. The van der Waals surface area contributed by atoms with E-state index in [0.29, 0.717) is 11.8 Å². The summed E-state index contributed by atoms with van der Waals surface area (Å²) in [5.74, 6) is 0.982. The second-order valence-electron chi connectivity index (χ2n) is 6.31. The molecule has 96 valence electrons. The number of aliphatic hydroxyl groups is 1. The minimum atomic E-state index is -0.431. The molecule has 1 N–H and O–H groups in total. The van der Waals surface area contributed by atoms with E-state index in [2.05, 4.69) is 13.0 Å². The van der Waals surface area contributed by atoms with Gasteiger partial charge in [-0.05, 0) is 37.5 Å². The third kappa shape index (κ3) is 2.65. The van der Waals surface area contributed by atoms with Gasteiger partial charge in [-0.25, -0.2) is 0 Å². The molecule has 2 rings (SSSR count). The molecule has 3 unspecified atom stereocenters. The predicted octanol–water partition coefficient (Wildman–Crippen LogP) is 3.65. The molecule has 3 atom stereocenters. The third-order valence-corrected chi connectivity index (χ3v) is 4.92. The molecule has 0 aromatic heterocycles. The summed E-state index contributed by atoms with van der Waals surface area (Å²) in [4.78, 5) is 0. The van der Waals surface area contributed by atoms with Crippen LogP contribution >= 0.6 is 0 Å². The summed E-state index contributed by atoms with van der Waals surface area (Å²) in [7, 11) is 0. The quantitative estimate of drug-likeness (QED) is 0.794. The second kappa shape index (κ2) is 5.40. The highest BCUT2D eigenvalue weighted by Gasteiger charge is 2.44. The maximum atomic E-state index is 10.6. The van der Waals surface area contributed by atoms with Crippen LogP contribution in [0.25, 0.3) is 0 Å². The van der Waals surface area contributed by atoms with Gasteiger partial charge in [0.15, 0.2) is 0 Å². The molecular formula is C15H25NO. The molecule has 2 saturated carbocycles. The van der Waals surface area contributed by atoms with Gasteiger partial charge in [-0.2, -0.15) is 5.26 Å². The standard InChI is InChI=1S/C15H25NO/c1-12-6-5-9-15(10-12,11-16)14(17)13-7-3-2-4-8-13/h12-14,17H,2-10H2,1H3. The molecule has 2 fully saturated rings. The van der Waals surface area contributed by atoms with Gasteiger partial charge >= 0.3 is 0 Å².